The topological polar surface area (TPSA) is 29.9 Å². The summed E-state index contributed by atoms with van der Waals surface area (Å²) in [6.45, 7) is 5.41. The first-order valence-corrected chi connectivity index (χ1v) is 5.45. The molecule has 3 nitrogen and oxygen atoms in total. The smallest absolute Gasteiger partial charge is 0.0524 e. The van der Waals surface area contributed by atoms with E-state index in [1.807, 2.05) is 17.9 Å². The SMILES string of the molecule is CCn1cc(C2CC(NC)C2C)cn1. The third-order valence-electron chi connectivity index (χ3n) is 3.55. The molecular formula is C11H19N3. The maximum atomic E-state index is 4.32. The van der Waals surface area contributed by atoms with Crippen LogP contribution in [0, 0.1) is 5.92 Å². The molecule has 0 saturated heterocycles. The second kappa shape index (κ2) is 3.73. The van der Waals surface area contributed by atoms with Gasteiger partial charge in [0.15, 0.2) is 0 Å². The normalized spacial score (nSPS) is 31.5. The van der Waals surface area contributed by atoms with Crippen molar-refractivity contribution >= 4 is 0 Å². The monoisotopic (exact) mass is 193 g/mol. The Morgan fingerprint density at radius 2 is 2.43 bits per heavy atom. The lowest BCUT2D eigenvalue weighted by Crippen LogP contribution is -2.46. The van der Waals surface area contributed by atoms with Crippen molar-refractivity contribution < 1.29 is 0 Å². The Labute approximate surface area is 85.5 Å². The Kier molecular flexibility index (Phi) is 2.59. The molecule has 0 amide bonds. The molecule has 1 fully saturated rings. The van der Waals surface area contributed by atoms with Crippen LogP contribution >= 0.6 is 0 Å². The number of nitrogens with zero attached hydrogens (tertiary/aromatic N) is 2. The summed E-state index contributed by atoms with van der Waals surface area (Å²) in [6.07, 6.45) is 5.47. The van der Waals surface area contributed by atoms with Crippen LogP contribution in [-0.4, -0.2) is 22.9 Å². The van der Waals surface area contributed by atoms with Gasteiger partial charge >= 0.3 is 0 Å². The minimum atomic E-state index is 0.699. The first-order valence-electron chi connectivity index (χ1n) is 5.45. The summed E-state index contributed by atoms with van der Waals surface area (Å²) in [5.41, 5.74) is 1.41. The van der Waals surface area contributed by atoms with Crippen molar-refractivity contribution in [1.82, 2.24) is 15.1 Å². The van der Waals surface area contributed by atoms with Gasteiger partial charge in [-0.15, -0.1) is 0 Å². The van der Waals surface area contributed by atoms with Crippen molar-refractivity contribution in [2.45, 2.75) is 38.8 Å². The van der Waals surface area contributed by atoms with Crippen LogP contribution in [0.4, 0.5) is 0 Å². The van der Waals surface area contributed by atoms with Crippen molar-refractivity contribution in [2.75, 3.05) is 7.05 Å². The summed E-state index contributed by atoms with van der Waals surface area (Å²) in [7, 11) is 2.05. The van der Waals surface area contributed by atoms with Crippen LogP contribution in [-0.2, 0) is 6.54 Å². The molecule has 2 rings (SSSR count). The molecule has 0 spiro atoms. The number of nitrogens with one attached hydrogen (secondary N) is 1. The van der Waals surface area contributed by atoms with Crippen molar-refractivity contribution in [3.8, 4) is 0 Å². The van der Waals surface area contributed by atoms with Gasteiger partial charge in [0.05, 0.1) is 6.20 Å². The van der Waals surface area contributed by atoms with E-state index < -0.39 is 0 Å². The standard InChI is InChI=1S/C11H19N3/c1-4-14-7-9(6-13-14)10-5-11(12-3)8(10)2/h6-8,10-12H,4-5H2,1-3H3. The van der Waals surface area contributed by atoms with Gasteiger partial charge in [0.25, 0.3) is 0 Å². The van der Waals surface area contributed by atoms with Gasteiger partial charge in [-0.3, -0.25) is 4.68 Å². The molecule has 1 aromatic rings. The van der Waals surface area contributed by atoms with E-state index >= 15 is 0 Å². The average Bonchev–Trinajstić information content (AvgIpc) is 2.65. The van der Waals surface area contributed by atoms with Crippen LogP contribution in [0.2, 0.25) is 0 Å². The van der Waals surface area contributed by atoms with E-state index in [2.05, 4.69) is 30.5 Å². The molecule has 14 heavy (non-hydrogen) atoms. The molecule has 0 aromatic carbocycles. The lowest BCUT2D eigenvalue weighted by Gasteiger charge is -2.42. The average molecular weight is 193 g/mol. The molecule has 1 heterocycles. The fourth-order valence-corrected chi connectivity index (χ4v) is 2.35. The summed E-state index contributed by atoms with van der Waals surface area (Å²) in [4.78, 5) is 0. The summed E-state index contributed by atoms with van der Waals surface area (Å²) in [5.74, 6) is 1.46. The molecule has 1 aliphatic rings. The Morgan fingerprint density at radius 1 is 1.64 bits per heavy atom. The molecule has 1 N–H and O–H groups in total. The van der Waals surface area contributed by atoms with Crippen LogP contribution < -0.4 is 5.32 Å². The number of hydrogen-bond acceptors (Lipinski definition) is 2. The predicted molar refractivity (Wildman–Crippen MR) is 57.3 cm³/mol. The van der Waals surface area contributed by atoms with E-state index in [9.17, 15) is 0 Å². The second-order valence-corrected chi connectivity index (χ2v) is 4.23. The van der Waals surface area contributed by atoms with Gasteiger partial charge in [-0.25, -0.2) is 0 Å². The molecule has 0 bridgehead atoms. The number of rotatable bonds is 3. The molecule has 3 atom stereocenters. The summed E-state index contributed by atoms with van der Waals surface area (Å²) >= 11 is 0. The number of aromatic nitrogens is 2. The molecule has 78 valence electrons. The zero-order valence-corrected chi connectivity index (χ0v) is 9.20. The quantitative estimate of drug-likeness (QED) is 0.790. The Balaban J connectivity index is 2.03. The minimum Gasteiger partial charge on any atom is -0.317 e. The molecule has 3 unspecified atom stereocenters. The number of hydrogen-bond donors (Lipinski definition) is 1. The first kappa shape index (κ1) is 9.71. The van der Waals surface area contributed by atoms with Crippen molar-refractivity contribution in [3.63, 3.8) is 0 Å². The molecule has 1 aromatic heterocycles. The Hall–Kier alpha value is -0.830. The van der Waals surface area contributed by atoms with Crippen LogP contribution in [0.15, 0.2) is 12.4 Å². The van der Waals surface area contributed by atoms with Crippen LogP contribution in [0.5, 0.6) is 0 Å². The van der Waals surface area contributed by atoms with Crippen LogP contribution in [0.3, 0.4) is 0 Å². The largest absolute Gasteiger partial charge is 0.317 e. The molecule has 0 radical (unpaired) electrons. The maximum absolute atomic E-state index is 4.32. The second-order valence-electron chi connectivity index (χ2n) is 4.23. The van der Waals surface area contributed by atoms with Crippen molar-refractivity contribution in [1.29, 1.82) is 0 Å². The molecule has 3 heteroatoms. The van der Waals surface area contributed by atoms with E-state index in [0.717, 1.165) is 12.5 Å². The van der Waals surface area contributed by atoms with E-state index in [0.29, 0.717) is 12.0 Å². The van der Waals surface area contributed by atoms with Gasteiger partial charge in [0.1, 0.15) is 0 Å². The molecule has 1 saturated carbocycles. The van der Waals surface area contributed by atoms with Crippen molar-refractivity contribution in [2.24, 2.45) is 5.92 Å². The van der Waals surface area contributed by atoms with Gasteiger partial charge in [-0.2, -0.15) is 5.10 Å². The van der Waals surface area contributed by atoms with E-state index in [4.69, 9.17) is 0 Å². The molecule has 0 aliphatic heterocycles. The Bertz CT molecular complexity index is 305. The van der Waals surface area contributed by atoms with Gasteiger partial charge in [-0.05, 0) is 37.8 Å². The van der Waals surface area contributed by atoms with Crippen LogP contribution in [0.25, 0.3) is 0 Å². The van der Waals surface area contributed by atoms with Gasteiger partial charge < -0.3 is 5.32 Å². The lowest BCUT2D eigenvalue weighted by molar-refractivity contribution is 0.194. The van der Waals surface area contributed by atoms with Gasteiger partial charge in [0.2, 0.25) is 0 Å². The van der Waals surface area contributed by atoms with E-state index in [1.165, 1.54) is 12.0 Å². The van der Waals surface area contributed by atoms with E-state index in [1.54, 1.807) is 0 Å². The van der Waals surface area contributed by atoms with Crippen LogP contribution in [0.1, 0.15) is 31.7 Å². The third-order valence-corrected chi connectivity index (χ3v) is 3.55. The highest BCUT2D eigenvalue weighted by molar-refractivity contribution is 5.18. The molecule has 1 aliphatic carbocycles. The van der Waals surface area contributed by atoms with E-state index in [-0.39, 0.29) is 0 Å². The maximum Gasteiger partial charge on any atom is 0.0524 e. The van der Waals surface area contributed by atoms with Gasteiger partial charge in [-0.1, -0.05) is 6.92 Å². The summed E-state index contributed by atoms with van der Waals surface area (Å²) in [6, 6.07) is 0.699. The lowest BCUT2D eigenvalue weighted by atomic mass is 9.68. The number of aryl methyl sites for hydroxylation is 1. The van der Waals surface area contributed by atoms with Gasteiger partial charge in [0, 0.05) is 18.8 Å². The molecular weight excluding hydrogens is 174 g/mol. The highest BCUT2D eigenvalue weighted by Gasteiger charge is 2.37. The fourth-order valence-electron chi connectivity index (χ4n) is 2.35. The zero-order chi connectivity index (χ0) is 10.1. The summed E-state index contributed by atoms with van der Waals surface area (Å²) < 4.78 is 2.01. The fraction of sp³-hybridized carbons (Fsp3) is 0.727. The highest BCUT2D eigenvalue weighted by atomic mass is 15.3. The third kappa shape index (κ3) is 1.46. The highest BCUT2D eigenvalue weighted by Crippen LogP contribution is 2.41. The Morgan fingerprint density at radius 3 is 2.93 bits per heavy atom. The summed E-state index contributed by atoms with van der Waals surface area (Å²) in [5, 5.41) is 7.66. The first-order chi connectivity index (χ1) is 6.76. The predicted octanol–water partition coefficient (Wildman–Crippen LogP) is 1.61. The van der Waals surface area contributed by atoms with Crippen molar-refractivity contribution in [3.05, 3.63) is 18.0 Å². The minimum absolute atomic E-state index is 0.699. The zero-order valence-electron chi connectivity index (χ0n) is 9.20.